The van der Waals surface area contributed by atoms with E-state index in [1.807, 2.05) is 30.3 Å². The second kappa shape index (κ2) is 4.35. The van der Waals surface area contributed by atoms with Crippen LogP contribution in [0.3, 0.4) is 0 Å². The van der Waals surface area contributed by atoms with E-state index < -0.39 is 21.3 Å². The Hall–Kier alpha value is -2.54. The van der Waals surface area contributed by atoms with Crippen LogP contribution in [-0.4, -0.2) is 21.3 Å². The predicted octanol–water partition coefficient (Wildman–Crippen LogP) is 2.62. The Morgan fingerprint density at radius 3 is 2.56 bits per heavy atom. The zero-order chi connectivity index (χ0) is 17.4. The van der Waals surface area contributed by atoms with Crippen molar-refractivity contribution in [2.75, 3.05) is 0 Å². The summed E-state index contributed by atoms with van der Waals surface area (Å²) in [7, 11) is 0. The normalized spacial score (nSPS) is 37.2. The fourth-order valence-corrected chi connectivity index (χ4v) is 6.47. The van der Waals surface area contributed by atoms with Crippen LogP contribution in [0.4, 0.5) is 0 Å². The first kappa shape index (κ1) is 14.8. The van der Waals surface area contributed by atoms with Crippen LogP contribution >= 0.6 is 11.8 Å². The second-order valence-corrected chi connectivity index (χ2v) is 8.40. The van der Waals surface area contributed by atoms with Crippen molar-refractivity contribution >= 4 is 17.7 Å². The summed E-state index contributed by atoms with van der Waals surface area (Å²) in [6, 6.07) is 16.2. The van der Waals surface area contributed by atoms with Crippen molar-refractivity contribution in [2.24, 2.45) is 0 Å². The van der Waals surface area contributed by atoms with E-state index in [2.05, 4.69) is 5.32 Å². The second-order valence-electron chi connectivity index (χ2n) is 6.74. The summed E-state index contributed by atoms with van der Waals surface area (Å²) in [6.45, 7) is 1.78. The van der Waals surface area contributed by atoms with E-state index in [4.69, 9.17) is 4.74 Å². The van der Waals surface area contributed by atoms with E-state index in [0.29, 0.717) is 11.3 Å². The lowest BCUT2D eigenvalue weighted by Crippen LogP contribution is -2.68. The zero-order valence-corrected chi connectivity index (χ0v) is 14.1. The van der Waals surface area contributed by atoms with Gasteiger partial charge in [-0.1, -0.05) is 60.3 Å². The number of fused-ring (bicyclic) bond motifs is 7. The summed E-state index contributed by atoms with van der Waals surface area (Å²) >= 11 is 1.30. The van der Waals surface area contributed by atoms with Crippen LogP contribution in [0.1, 0.15) is 24.0 Å². The Labute approximate surface area is 147 Å². The van der Waals surface area contributed by atoms with Crippen molar-refractivity contribution in [3.8, 4) is 5.75 Å². The van der Waals surface area contributed by atoms with Crippen molar-refractivity contribution in [3.05, 3.63) is 75.8 Å². The summed E-state index contributed by atoms with van der Waals surface area (Å²) in [5.74, 6) is -0.373. The van der Waals surface area contributed by atoms with E-state index in [1.54, 1.807) is 31.2 Å². The maximum absolute atomic E-state index is 12.8. The van der Waals surface area contributed by atoms with Crippen LogP contribution in [0, 0.1) is 10.1 Å². The molecule has 0 aliphatic carbocycles. The van der Waals surface area contributed by atoms with Gasteiger partial charge in [-0.2, -0.15) is 0 Å². The summed E-state index contributed by atoms with van der Waals surface area (Å²) in [5, 5.41) is 15.3. The molecule has 2 bridgehead atoms. The molecule has 25 heavy (non-hydrogen) atoms. The Balaban J connectivity index is 1.85. The first-order valence-corrected chi connectivity index (χ1v) is 8.78. The summed E-state index contributed by atoms with van der Waals surface area (Å²) in [4.78, 5) is 23.6. The third kappa shape index (κ3) is 1.43. The molecule has 0 aromatic heterocycles. The van der Waals surface area contributed by atoms with Gasteiger partial charge in [0.15, 0.2) is 0 Å². The highest BCUT2D eigenvalue weighted by atomic mass is 32.2. The number of rotatable bonds is 2. The molecular weight excluding hydrogens is 340 g/mol. The smallest absolute Gasteiger partial charge is 0.408 e. The van der Waals surface area contributed by atoms with E-state index in [9.17, 15) is 14.9 Å². The van der Waals surface area contributed by atoms with Gasteiger partial charge in [0, 0.05) is 5.56 Å². The number of thioether (sulfide) groups is 1. The lowest BCUT2D eigenvalue weighted by molar-refractivity contribution is -0.627. The number of nitro groups is 1. The molecule has 2 fully saturated rings. The molecular formula is C18H14N2O4S. The molecule has 0 radical (unpaired) electrons. The third-order valence-electron chi connectivity index (χ3n) is 5.50. The highest BCUT2D eigenvalue weighted by Crippen LogP contribution is 2.74. The van der Waals surface area contributed by atoms with Crippen molar-refractivity contribution in [3.63, 3.8) is 0 Å². The Kier molecular flexibility index (Phi) is 2.57. The molecule has 5 rings (SSSR count). The maximum atomic E-state index is 12.8. The monoisotopic (exact) mass is 354 g/mol. The molecule has 1 N–H and O–H groups in total. The topological polar surface area (TPSA) is 81.5 Å². The average Bonchev–Trinajstić information content (AvgIpc) is 3.18. The van der Waals surface area contributed by atoms with Gasteiger partial charge in [0.25, 0.3) is 0 Å². The molecule has 0 unspecified atom stereocenters. The SMILES string of the molecule is C[C@@]12S[C@@](c3ccccc3)(NC1=O)[C@]1([N+](=O)[O-])Oc3ccccc3[C@H]21. The van der Waals surface area contributed by atoms with Gasteiger partial charge in [-0.3, -0.25) is 14.9 Å². The number of para-hydroxylation sites is 1. The van der Waals surface area contributed by atoms with Crippen LogP contribution in [-0.2, 0) is 9.67 Å². The molecule has 0 saturated carbocycles. The number of carbonyl (C=O) groups is 1. The molecule has 3 heterocycles. The minimum Gasteiger partial charge on any atom is -0.424 e. The van der Waals surface area contributed by atoms with Gasteiger partial charge < -0.3 is 10.1 Å². The molecule has 6 nitrogen and oxygen atoms in total. The molecule has 4 atom stereocenters. The summed E-state index contributed by atoms with van der Waals surface area (Å²) < 4.78 is 5.07. The van der Waals surface area contributed by atoms with Gasteiger partial charge in [-0.15, -0.1) is 0 Å². The first-order valence-electron chi connectivity index (χ1n) is 7.96. The summed E-state index contributed by atoms with van der Waals surface area (Å²) in [6.07, 6.45) is 0. The molecule has 126 valence electrons. The maximum Gasteiger partial charge on any atom is 0.408 e. The number of carbonyl (C=O) groups excluding carboxylic acids is 1. The minimum atomic E-state index is -1.77. The van der Waals surface area contributed by atoms with Crippen LogP contribution in [0.2, 0.25) is 0 Å². The molecule has 7 heteroatoms. The van der Waals surface area contributed by atoms with Gasteiger partial charge in [0.2, 0.25) is 10.8 Å². The zero-order valence-electron chi connectivity index (χ0n) is 13.3. The van der Waals surface area contributed by atoms with Crippen molar-refractivity contribution in [1.29, 1.82) is 0 Å². The Morgan fingerprint density at radius 2 is 1.84 bits per heavy atom. The van der Waals surface area contributed by atoms with Crippen molar-refractivity contribution < 1.29 is 14.5 Å². The number of amides is 1. The van der Waals surface area contributed by atoms with Crippen molar-refractivity contribution in [2.45, 2.75) is 28.2 Å². The fourth-order valence-electron chi connectivity index (χ4n) is 4.50. The quantitative estimate of drug-likeness (QED) is 0.662. The number of hydrogen-bond donors (Lipinski definition) is 1. The van der Waals surface area contributed by atoms with Crippen LogP contribution in [0.25, 0.3) is 0 Å². The highest BCUT2D eigenvalue weighted by Gasteiger charge is 2.89. The number of piperidine rings is 1. The number of ether oxygens (including phenoxy) is 1. The molecule has 2 aromatic carbocycles. The van der Waals surface area contributed by atoms with Crippen LogP contribution < -0.4 is 10.1 Å². The molecule has 1 amide bonds. The predicted molar refractivity (Wildman–Crippen MR) is 91.8 cm³/mol. The van der Waals surface area contributed by atoms with E-state index in [1.165, 1.54) is 11.8 Å². The number of hydrogen-bond acceptors (Lipinski definition) is 5. The van der Waals surface area contributed by atoms with E-state index in [0.717, 1.165) is 5.56 Å². The summed E-state index contributed by atoms with van der Waals surface area (Å²) in [5.41, 5.74) is -0.378. The largest absolute Gasteiger partial charge is 0.424 e. The van der Waals surface area contributed by atoms with E-state index >= 15 is 0 Å². The van der Waals surface area contributed by atoms with Crippen molar-refractivity contribution in [1.82, 2.24) is 5.32 Å². The average molecular weight is 354 g/mol. The van der Waals surface area contributed by atoms with Crippen LogP contribution in [0.5, 0.6) is 5.75 Å². The molecule has 2 saturated heterocycles. The number of nitrogens with zero attached hydrogens (tertiary/aromatic N) is 1. The number of nitrogens with one attached hydrogen (secondary N) is 1. The third-order valence-corrected chi connectivity index (χ3v) is 7.28. The number of benzene rings is 2. The lowest BCUT2D eigenvalue weighted by atomic mass is 9.72. The lowest BCUT2D eigenvalue weighted by Gasteiger charge is -2.38. The van der Waals surface area contributed by atoms with Gasteiger partial charge >= 0.3 is 5.72 Å². The van der Waals surface area contributed by atoms with E-state index in [-0.39, 0.29) is 10.8 Å². The molecule has 0 spiro atoms. The van der Waals surface area contributed by atoms with Gasteiger partial charge in [0.05, 0.1) is 4.92 Å². The Bertz CT molecular complexity index is 936. The fraction of sp³-hybridized carbons (Fsp3) is 0.278. The Morgan fingerprint density at radius 1 is 1.16 bits per heavy atom. The molecule has 2 aromatic rings. The van der Waals surface area contributed by atoms with Crippen LogP contribution in [0.15, 0.2) is 54.6 Å². The standard InChI is InChI=1S/C18H14N2O4S/c1-16-14-12-9-5-6-10-13(12)24-18(14,20(22)23)17(25-16,19-15(16)21)11-7-3-2-4-8-11/h2-10,14H,1H3,(H,19,21)/t14-,16+,17-,18-/m1/s1. The first-order chi connectivity index (χ1) is 12.0. The van der Waals surface area contributed by atoms with Gasteiger partial charge in [-0.05, 0) is 18.6 Å². The minimum absolute atomic E-state index is 0.191. The van der Waals surface area contributed by atoms with Gasteiger partial charge in [-0.25, -0.2) is 0 Å². The molecule has 3 aliphatic rings. The highest BCUT2D eigenvalue weighted by molar-refractivity contribution is 8.03. The molecule has 3 aliphatic heterocycles. The van der Waals surface area contributed by atoms with Gasteiger partial charge in [0.1, 0.15) is 16.4 Å².